The Balaban J connectivity index is 0.000000152. The Bertz CT molecular complexity index is 1090. The molecule has 4 heteroatoms. The molecular weight excluding hydrogens is 631 g/mol. The Morgan fingerprint density at radius 2 is 0.514 bits per heavy atom. The van der Waals surface area contributed by atoms with Crippen molar-refractivity contribution < 1.29 is 20.1 Å². The molecule has 0 unspecified atom stereocenters. The van der Waals surface area contributed by atoms with Crippen molar-refractivity contribution in [1.29, 1.82) is 0 Å². The second-order valence-electron chi connectivity index (χ2n) is 7.74. The maximum Gasteiger partial charge on any atom is 0.0701 e. The Morgan fingerprint density at radius 3 is 0.730 bits per heavy atom. The van der Waals surface area contributed by atoms with E-state index in [4.69, 9.17) is 0 Å². The van der Waals surface area contributed by atoms with E-state index in [2.05, 4.69) is 51.4 Å². The van der Waals surface area contributed by atoms with Crippen molar-refractivity contribution in [3.63, 3.8) is 0 Å². The number of pyridine rings is 3. The van der Waals surface area contributed by atoms with Crippen LogP contribution >= 0.6 is 0 Å². The van der Waals surface area contributed by atoms with Gasteiger partial charge in [0.25, 0.3) is 0 Å². The number of nitrogens with zero attached hydrogens (tertiary/aromatic N) is 3. The van der Waals surface area contributed by atoms with Gasteiger partial charge < -0.3 is 0 Å². The fraction of sp³-hybridized carbons (Fsp3) is 0. The first kappa shape index (κ1) is 27.3. The smallest absolute Gasteiger partial charge is 0.0701 e. The first-order valence-electron chi connectivity index (χ1n) is 11.8. The second-order valence-corrected chi connectivity index (χ2v) is 7.74. The van der Waals surface area contributed by atoms with Gasteiger partial charge in [-0.15, -0.1) is 0 Å². The van der Waals surface area contributed by atoms with Crippen LogP contribution < -0.4 is 0 Å². The summed E-state index contributed by atoms with van der Waals surface area (Å²) < 4.78 is 0. The summed E-state index contributed by atoms with van der Waals surface area (Å²) in [6.07, 6.45) is 5.42. The zero-order valence-corrected chi connectivity index (χ0v) is 22.7. The molecule has 0 aliphatic rings. The Hall–Kier alpha value is -4.24. The van der Waals surface area contributed by atoms with Gasteiger partial charge in [0.2, 0.25) is 0 Å². The van der Waals surface area contributed by atoms with Gasteiger partial charge in [0, 0.05) is 55.4 Å². The number of rotatable bonds is 3. The summed E-state index contributed by atoms with van der Waals surface area (Å²) in [5.41, 5.74) is 6.57. The Morgan fingerprint density at radius 1 is 0.270 bits per heavy atom. The quantitative estimate of drug-likeness (QED) is 0.193. The van der Waals surface area contributed by atoms with Crippen LogP contribution in [-0.4, -0.2) is 15.0 Å². The molecule has 183 valence electrons. The minimum atomic E-state index is 0. The molecule has 0 bridgehead atoms. The van der Waals surface area contributed by atoms with E-state index in [1.165, 1.54) is 0 Å². The molecule has 3 aromatic carbocycles. The molecule has 0 saturated carbocycles. The standard InChI is InChI=1S/3C11H9N.Ir/c3*1-2-6-10(7-3-1)11-8-4-5-9-12-11;/h3*1-9H;. The Kier molecular flexibility index (Phi) is 11.6. The van der Waals surface area contributed by atoms with E-state index < -0.39 is 0 Å². The van der Waals surface area contributed by atoms with E-state index in [9.17, 15) is 0 Å². The van der Waals surface area contributed by atoms with Gasteiger partial charge in [-0.3, -0.25) is 15.0 Å². The minimum absolute atomic E-state index is 0. The van der Waals surface area contributed by atoms with Crippen LogP contribution in [0.4, 0.5) is 0 Å². The molecule has 0 spiro atoms. The van der Waals surface area contributed by atoms with E-state index in [1.54, 1.807) is 0 Å². The van der Waals surface area contributed by atoms with Crippen molar-refractivity contribution in [2.75, 3.05) is 0 Å². The maximum atomic E-state index is 4.25. The topological polar surface area (TPSA) is 38.7 Å². The SMILES string of the molecule is [Ir].c1ccc(-c2ccccn2)cc1.c1ccc(-c2ccccn2)cc1.c1ccc(-c2ccccn2)cc1. The molecule has 3 heterocycles. The van der Waals surface area contributed by atoms with Crippen LogP contribution in [0.25, 0.3) is 33.8 Å². The van der Waals surface area contributed by atoms with E-state index in [1.807, 2.05) is 128 Å². The summed E-state index contributed by atoms with van der Waals surface area (Å²) in [5, 5.41) is 0. The molecule has 37 heavy (non-hydrogen) atoms. The number of hydrogen-bond donors (Lipinski definition) is 0. The summed E-state index contributed by atoms with van der Waals surface area (Å²) in [6, 6.07) is 48.3. The van der Waals surface area contributed by atoms with Crippen LogP contribution in [0, 0.1) is 0 Å². The normalized spacial score (nSPS) is 9.41. The third-order valence-corrected chi connectivity index (χ3v) is 5.20. The van der Waals surface area contributed by atoms with Gasteiger partial charge in [-0.25, -0.2) is 0 Å². The molecule has 0 atom stereocenters. The minimum Gasteiger partial charge on any atom is -0.256 e. The molecule has 3 nitrogen and oxygen atoms in total. The molecule has 0 aliphatic heterocycles. The fourth-order valence-electron chi connectivity index (χ4n) is 3.43. The summed E-state index contributed by atoms with van der Waals surface area (Å²) in [5.74, 6) is 0. The molecule has 0 aliphatic carbocycles. The van der Waals surface area contributed by atoms with Gasteiger partial charge in [0.05, 0.1) is 17.1 Å². The molecule has 6 rings (SSSR count). The van der Waals surface area contributed by atoms with Crippen molar-refractivity contribution >= 4 is 0 Å². The predicted molar refractivity (Wildman–Crippen MR) is 149 cm³/mol. The van der Waals surface area contributed by atoms with E-state index >= 15 is 0 Å². The number of aromatic nitrogens is 3. The van der Waals surface area contributed by atoms with Crippen molar-refractivity contribution in [1.82, 2.24) is 15.0 Å². The van der Waals surface area contributed by atoms with Crippen molar-refractivity contribution in [2.24, 2.45) is 0 Å². The van der Waals surface area contributed by atoms with Crippen LogP contribution in [0.5, 0.6) is 0 Å². The van der Waals surface area contributed by atoms with Gasteiger partial charge in [-0.2, -0.15) is 0 Å². The van der Waals surface area contributed by atoms with E-state index in [0.29, 0.717) is 0 Å². The van der Waals surface area contributed by atoms with Gasteiger partial charge in [-0.05, 0) is 36.4 Å². The molecular formula is C33H27IrN3. The zero-order valence-electron chi connectivity index (χ0n) is 20.3. The number of benzene rings is 3. The van der Waals surface area contributed by atoms with E-state index in [0.717, 1.165) is 33.8 Å². The van der Waals surface area contributed by atoms with Crippen LogP contribution in [0.15, 0.2) is 164 Å². The van der Waals surface area contributed by atoms with Gasteiger partial charge >= 0.3 is 0 Å². The second kappa shape index (κ2) is 15.7. The predicted octanol–water partition coefficient (Wildman–Crippen LogP) is 8.24. The van der Waals surface area contributed by atoms with Crippen molar-refractivity contribution in [3.05, 3.63) is 164 Å². The number of hydrogen-bond acceptors (Lipinski definition) is 3. The summed E-state index contributed by atoms with van der Waals surface area (Å²) in [4.78, 5) is 12.7. The van der Waals surface area contributed by atoms with Gasteiger partial charge in [0.15, 0.2) is 0 Å². The fourth-order valence-corrected chi connectivity index (χ4v) is 3.43. The average Bonchev–Trinajstić information content (AvgIpc) is 3.01. The maximum absolute atomic E-state index is 4.25. The summed E-state index contributed by atoms with van der Waals surface area (Å²) in [6.45, 7) is 0. The van der Waals surface area contributed by atoms with Crippen molar-refractivity contribution in [3.8, 4) is 33.8 Å². The molecule has 0 fully saturated rings. The molecule has 3 aromatic heterocycles. The molecule has 0 N–H and O–H groups in total. The van der Waals surface area contributed by atoms with Crippen LogP contribution in [0.1, 0.15) is 0 Å². The average molecular weight is 658 g/mol. The van der Waals surface area contributed by atoms with Gasteiger partial charge in [0.1, 0.15) is 0 Å². The zero-order chi connectivity index (χ0) is 24.7. The molecule has 6 aromatic rings. The van der Waals surface area contributed by atoms with E-state index in [-0.39, 0.29) is 20.1 Å². The van der Waals surface area contributed by atoms with Crippen LogP contribution in [0.3, 0.4) is 0 Å². The Labute approximate surface area is 232 Å². The van der Waals surface area contributed by atoms with Crippen molar-refractivity contribution in [2.45, 2.75) is 0 Å². The van der Waals surface area contributed by atoms with Crippen LogP contribution in [0.2, 0.25) is 0 Å². The largest absolute Gasteiger partial charge is 0.256 e. The third kappa shape index (κ3) is 9.05. The van der Waals surface area contributed by atoms with Crippen LogP contribution in [-0.2, 0) is 20.1 Å². The summed E-state index contributed by atoms with van der Waals surface area (Å²) >= 11 is 0. The third-order valence-electron chi connectivity index (χ3n) is 5.20. The molecule has 0 amide bonds. The first-order valence-corrected chi connectivity index (χ1v) is 11.8. The van der Waals surface area contributed by atoms with Gasteiger partial charge in [-0.1, -0.05) is 109 Å². The molecule has 1 radical (unpaired) electrons. The monoisotopic (exact) mass is 658 g/mol. The molecule has 0 saturated heterocycles. The first-order chi connectivity index (χ1) is 17.9. The summed E-state index contributed by atoms with van der Waals surface area (Å²) in [7, 11) is 0.